The van der Waals surface area contributed by atoms with Crippen LogP contribution in [0.25, 0.3) is 0 Å². The molecule has 0 spiro atoms. The van der Waals surface area contributed by atoms with Gasteiger partial charge in [0.1, 0.15) is 5.75 Å². The molecule has 0 saturated carbocycles. The third-order valence-electron chi connectivity index (χ3n) is 7.45. The molecule has 0 aliphatic rings. The summed E-state index contributed by atoms with van der Waals surface area (Å²) in [5.74, 6) is 0.240. The molecule has 0 aliphatic heterocycles. The minimum Gasteiger partial charge on any atom is -0.497 e. The van der Waals surface area contributed by atoms with Crippen LogP contribution in [0.1, 0.15) is 80.3 Å². The Morgan fingerprint density at radius 2 is 1.45 bits per heavy atom. The summed E-state index contributed by atoms with van der Waals surface area (Å²) in [4.78, 5) is 26.5. The number of hydrogen-bond acceptors (Lipinski definition) is 5. The number of hydrogen-bond donors (Lipinski definition) is 0. The molecule has 0 aromatic heterocycles. The summed E-state index contributed by atoms with van der Waals surface area (Å²) in [7, 11) is -0.479. The molecular formula is C34H46O5Si. The van der Waals surface area contributed by atoms with Gasteiger partial charge in [0.25, 0.3) is 0 Å². The molecule has 2 aromatic carbocycles. The highest BCUT2D eigenvalue weighted by molar-refractivity contribution is 6.77. The fraction of sp³-hybridized carbons (Fsp3) is 0.412. The molecule has 0 heterocycles. The molecule has 216 valence electrons. The highest BCUT2D eigenvalue weighted by atomic mass is 28.4. The number of allylic oxidation sites excluding steroid dienone is 2. The standard InChI is InChI=1S/C34H46O5Si/c1-11-27(20-38-21-28-12-15-30(37-10)16-13-28)19-33(35)32-18-29(14-17-31(32)34(36)23(2)3)22-39-40(24(4)5,25(6)7)26(8)9/h11-19,24-26H,1-2,20-22H2,3-10H3/b27-19+. The van der Waals surface area contributed by atoms with Gasteiger partial charge in [0.15, 0.2) is 11.6 Å². The molecule has 2 aromatic rings. The van der Waals surface area contributed by atoms with E-state index in [0.717, 1.165) is 16.9 Å². The number of methoxy groups -OCH3 is 1. The van der Waals surface area contributed by atoms with Crippen LogP contribution in [0.4, 0.5) is 0 Å². The lowest BCUT2D eigenvalue weighted by atomic mass is 9.94. The maximum absolute atomic E-state index is 13.5. The molecule has 0 aliphatic carbocycles. The smallest absolute Gasteiger partial charge is 0.200 e. The Morgan fingerprint density at radius 3 is 1.95 bits per heavy atom. The number of carbonyl (C=O) groups excluding carboxylic acids is 2. The second-order valence-electron chi connectivity index (χ2n) is 11.2. The van der Waals surface area contributed by atoms with Crippen molar-refractivity contribution in [1.29, 1.82) is 0 Å². The van der Waals surface area contributed by atoms with Gasteiger partial charge in [-0.1, -0.05) is 79.0 Å². The van der Waals surface area contributed by atoms with E-state index in [-0.39, 0.29) is 18.2 Å². The lowest BCUT2D eigenvalue weighted by Crippen LogP contribution is -2.47. The summed E-state index contributed by atoms with van der Waals surface area (Å²) < 4.78 is 17.8. The predicted molar refractivity (Wildman–Crippen MR) is 167 cm³/mol. The summed E-state index contributed by atoms with van der Waals surface area (Å²) in [5.41, 5.74) is 4.83. The van der Waals surface area contributed by atoms with E-state index >= 15 is 0 Å². The van der Waals surface area contributed by atoms with Gasteiger partial charge in [-0.15, -0.1) is 0 Å². The van der Waals surface area contributed by atoms with Crippen molar-refractivity contribution in [3.63, 3.8) is 0 Å². The van der Waals surface area contributed by atoms with Crippen LogP contribution in [-0.2, 0) is 22.4 Å². The van der Waals surface area contributed by atoms with E-state index in [1.54, 1.807) is 32.2 Å². The van der Waals surface area contributed by atoms with Crippen LogP contribution in [0.15, 0.2) is 78.9 Å². The number of rotatable bonds is 16. The third kappa shape index (κ3) is 8.23. The number of carbonyl (C=O) groups is 2. The van der Waals surface area contributed by atoms with Crippen molar-refractivity contribution in [3.8, 4) is 5.75 Å². The first-order valence-corrected chi connectivity index (χ1v) is 16.1. The predicted octanol–water partition coefficient (Wildman–Crippen LogP) is 8.66. The summed E-state index contributed by atoms with van der Waals surface area (Å²) >= 11 is 0. The van der Waals surface area contributed by atoms with Gasteiger partial charge in [-0.05, 0) is 76.2 Å². The van der Waals surface area contributed by atoms with Crippen LogP contribution in [0.2, 0.25) is 16.6 Å². The first-order chi connectivity index (χ1) is 18.9. The summed E-state index contributed by atoms with van der Waals surface area (Å²) in [6.07, 6.45) is 3.10. The summed E-state index contributed by atoms with van der Waals surface area (Å²) in [6, 6.07) is 13.0. The molecule has 6 heteroatoms. The molecule has 0 N–H and O–H groups in total. The van der Waals surface area contributed by atoms with Crippen LogP contribution in [0.5, 0.6) is 5.75 Å². The molecule has 0 bridgehead atoms. The quantitative estimate of drug-likeness (QED) is 0.0886. The lowest BCUT2D eigenvalue weighted by molar-refractivity contribution is 0.100. The Morgan fingerprint density at radius 1 is 0.875 bits per heavy atom. The largest absolute Gasteiger partial charge is 0.497 e. The number of Topliss-reactive ketones (excluding diaryl/α,β-unsaturated/α-hetero) is 1. The Kier molecular flexibility index (Phi) is 12.5. The van der Waals surface area contributed by atoms with E-state index in [2.05, 4.69) is 54.7 Å². The SMILES string of the molecule is C=C/C(=C\C(=O)c1cc(CO[Si](C(C)C)(C(C)C)C(C)C)ccc1C(=O)C(=C)C)COCc1ccc(OC)cc1. The fourth-order valence-electron chi connectivity index (χ4n) is 5.44. The fourth-order valence-corrected chi connectivity index (χ4v) is 10.9. The Labute approximate surface area is 242 Å². The average Bonchev–Trinajstić information content (AvgIpc) is 2.91. The monoisotopic (exact) mass is 562 g/mol. The van der Waals surface area contributed by atoms with Crippen molar-refractivity contribution in [1.82, 2.24) is 0 Å². The first kappa shape index (κ1) is 33.1. The first-order valence-electron chi connectivity index (χ1n) is 13.9. The van der Waals surface area contributed by atoms with Crippen LogP contribution >= 0.6 is 0 Å². The van der Waals surface area contributed by atoms with Crippen molar-refractivity contribution in [2.75, 3.05) is 13.7 Å². The van der Waals surface area contributed by atoms with E-state index in [1.807, 2.05) is 30.3 Å². The highest BCUT2D eigenvalue weighted by Crippen LogP contribution is 2.42. The average molecular weight is 563 g/mol. The van der Waals surface area contributed by atoms with E-state index < -0.39 is 8.32 Å². The Balaban J connectivity index is 2.32. The van der Waals surface area contributed by atoms with Crippen molar-refractivity contribution < 1.29 is 23.5 Å². The van der Waals surface area contributed by atoms with E-state index in [1.165, 1.54) is 6.08 Å². The number of ketones is 2. The van der Waals surface area contributed by atoms with Gasteiger partial charge in [0.05, 0.1) is 26.9 Å². The molecule has 0 radical (unpaired) electrons. The van der Waals surface area contributed by atoms with Gasteiger partial charge >= 0.3 is 0 Å². The minimum absolute atomic E-state index is 0.207. The Hall–Kier alpha value is -3.06. The molecule has 5 nitrogen and oxygen atoms in total. The minimum atomic E-state index is -2.10. The van der Waals surface area contributed by atoms with Gasteiger partial charge in [-0.25, -0.2) is 0 Å². The molecule has 0 amide bonds. The van der Waals surface area contributed by atoms with Crippen LogP contribution in [-0.4, -0.2) is 33.6 Å². The van der Waals surface area contributed by atoms with E-state index in [4.69, 9.17) is 13.9 Å². The zero-order valence-corrected chi connectivity index (χ0v) is 26.5. The molecular weight excluding hydrogens is 516 g/mol. The topological polar surface area (TPSA) is 61.8 Å². The lowest BCUT2D eigenvalue weighted by Gasteiger charge is -2.42. The molecule has 0 atom stereocenters. The summed E-state index contributed by atoms with van der Waals surface area (Å²) in [5, 5.41) is 0. The molecule has 40 heavy (non-hydrogen) atoms. The maximum Gasteiger partial charge on any atom is 0.200 e. The second kappa shape index (κ2) is 15.1. The van der Waals surface area contributed by atoms with Gasteiger partial charge in [0, 0.05) is 11.1 Å². The Bertz CT molecular complexity index is 1200. The van der Waals surface area contributed by atoms with Gasteiger partial charge < -0.3 is 13.9 Å². The van der Waals surface area contributed by atoms with Gasteiger partial charge in [-0.3, -0.25) is 9.59 Å². The van der Waals surface area contributed by atoms with Crippen molar-refractivity contribution in [3.05, 3.63) is 101 Å². The normalized spacial score (nSPS) is 12.2. The van der Waals surface area contributed by atoms with E-state index in [0.29, 0.717) is 52.1 Å². The zero-order valence-electron chi connectivity index (χ0n) is 25.5. The third-order valence-corrected chi connectivity index (χ3v) is 13.5. The van der Waals surface area contributed by atoms with Crippen molar-refractivity contribution >= 4 is 19.9 Å². The van der Waals surface area contributed by atoms with Crippen LogP contribution < -0.4 is 4.74 Å². The van der Waals surface area contributed by atoms with Crippen molar-refractivity contribution in [2.24, 2.45) is 0 Å². The highest BCUT2D eigenvalue weighted by Gasteiger charge is 2.45. The van der Waals surface area contributed by atoms with Gasteiger partial charge in [0.2, 0.25) is 8.32 Å². The van der Waals surface area contributed by atoms with E-state index in [9.17, 15) is 9.59 Å². The van der Waals surface area contributed by atoms with Gasteiger partial charge in [-0.2, -0.15) is 0 Å². The van der Waals surface area contributed by atoms with Crippen LogP contribution in [0.3, 0.4) is 0 Å². The zero-order chi connectivity index (χ0) is 30.0. The molecule has 0 unspecified atom stereocenters. The number of benzene rings is 2. The van der Waals surface area contributed by atoms with Crippen LogP contribution in [0, 0.1) is 0 Å². The number of ether oxygens (including phenoxy) is 2. The van der Waals surface area contributed by atoms with Crippen molar-refractivity contribution in [2.45, 2.75) is 78.3 Å². The maximum atomic E-state index is 13.5. The molecule has 0 saturated heterocycles. The molecule has 2 rings (SSSR count). The second-order valence-corrected chi connectivity index (χ2v) is 16.7. The summed E-state index contributed by atoms with van der Waals surface area (Å²) in [6.45, 7) is 23.7. The molecule has 0 fully saturated rings.